The minimum atomic E-state index is 0.704. The molecule has 0 unspecified atom stereocenters. The molecule has 76 valence electrons. The minimum absolute atomic E-state index is 0.704. The van der Waals surface area contributed by atoms with Crippen LogP contribution >= 0.6 is 11.8 Å². The molecule has 0 aliphatic carbocycles. The molecule has 1 aromatic carbocycles. The molecule has 0 aliphatic rings. The first kappa shape index (κ1) is 11.0. The second-order valence-corrected chi connectivity index (χ2v) is 3.60. The van der Waals surface area contributed by atoms with Crippen LogP contribution < -0.4 is 5.65 Å². The molecule has 0 spiro atoms. The summed E-state index contributed by atoms with van der Waals surface area (Å²) in [5.41, 5.74) is 3.01. The number of nitrogens with one attached hydrogen (secondary N) is 1. The van der Waals surface area contributed by atoms with Gasteiger partial charge >= 0.3 is 0 Å². The zero-order valence-electron chi connectivity index (χ0n) is 8.25. The van der Waals surface area contributed by atoms with Crippen molar-refractivity contribution in [1.29, 1.82) is 0 Å². The van der Waals surface area contributed by atoms with E-state index in [1.165, 1.54) is 10.5 Å². The summed E-state index contributed by atoms with van der Waals surface area (Å²) in [6.07, 6.45) is 2.72. The van der Waals surface area contributed by atoms with Gasteiger partial charge in [0.05, 0.1) is 5.71 Å². The van der Waals surface area contributed by atoms with Crippen molar-refractivity contribution in [3.8, 4) is 0 Å². The van der Waals surface area contributed by atoms with Crippen molar-refractivity contribution in [2.24, 2.45) is 5.10 Å². The maximum atomic E-state index is 11.8. The van der Waals surface area contributed by atoms with Crippen LogP contribution in [0.25, 0.3) is 0 Å². The van der Waals surface area contributed by atoms with Crippen LogP contribution in [0.4, 0.5) is 4.48 Å². The summed E-state index contributed by atoms with van der Waals surface area (Å²) in [4.78, 5) is 1.19. The number of benzene rings is 1. The van der Waals surface area contributed by atoms with Gasteiger partial charge in [-0.25, -0.2) is 0 Å². The van der Waals surface area contributed by atoms with Gasteiger partial charge in [-0.2, -0.15) is 5.10 Å². The molecular weight excluding hydrogens is 199 g/mol. The first-order chi connectivity index (χ1) is 6.81. The van der Waals surface area contributed by atoms with Crippen molar-refractivity contribution in [3.63, 3.8) is 0 Å². The molecule has 0 bridgehead atoms. The number of hydrogen-bond acceptors (Lipinski definition) is 3. The molecule has 0 aromatic heterocycles. The fourth-order valence-electron chi connectivity index (χ4n) is 1.18. The molecule has 14 heavy (non-hydrogen) atoms. The smallest absolute Gasteiger partial charge is 0.0700 e. The van der Waals surface area contributed by atoms with E-state index in [1.807, 2.05) is 37.4 Å². The maximum absolute atomic E-state index is 11.8. The lowest BCUT2D eigenvalue weighted by molar-refractivity contribution is 0.347. The van der Waals surface area contributed by atoms with Gasteiger partial charge in [-0.1, -0.05) is 23.5 Å². The van der Waals surface area contributed by atoms with E-state index in [0.717, 1.165) is 11.3 Å². The molecule has 4 heteroatoms. The van der Waals surface area contributed by atoms with E-state index >= 15 is 0 Å². The van der Waals surface area contributed by atoms with Crippen LogP contribution in [0, 0.1) is 0 Å². The van der Waals surface area contributed by atoms with Gasteiger partial charge in [0.2, 0.25) is 0 Å². The van der Waals surface area contributed by atoms with E-state index in [0.29, 0.717) is 6.42 Å². The van der Waals surface area contributed by atoms with Crippen molar-refractivity contribution in [2.45, 2.75) is 18.2 Å². The number of rotatable bonds is 4. The maximum Gasteiger partial charge on any atom is 0.0700 e. The normalized spacial score (nSPS) is 11.5. The molecular formula is C10H13FN2S. The van der Waals surface area contributed by atoms with E-state index < -0.39 is 0 Å². The number of hydrogen-bond donors (Lipinski definition) is 1. The zero-order chi connectivity index (χ0) is 10.4. The van der Waals surface area contributed by atoms with Crippen LogP contribution in [-0.4, -0.2) is 12.0 Å². The Morgan fingerprint density at radius 3 is 2.50 bits per heavy atom. The van der Waals surface area contributed by atoms with Gasteiger partial charge in [0.1, 0.15) is 0 Å². The quantitative estimate of drug-likeness (QED) is 0.359. The van der Waals surface area contributed by atoms with Crippen molar-refractivity contribution < 1.29 is 4.48 Å². The predicted molar refractivity (Wildman–Crippen MR) is 59.3 cm³/mol. The Balaban J connectivity index is 2.89. The third-order valence-corrected chi connectivity index (χ3v) is 2.68. The van der Waals surface area contributed by atoms with Crippen LogP contribution in [0.1, 0.15) is 18.9 Å². The number of thioether (sulfide) groups is 1. The molecule has 1 aromatic rings. The summed E-state index contributed by atoms with van der Waals surface area (Å²) in [6, 6.07) is 7.91. The molecule has 0 atom stereocenters. The second-order valence-electron chi connectivity index (χ2n) is 2.73. The predicted octanol–water partition coefficient (Wildman–Crippen LogP) is 3.00. The fraction of sp³-hybridized carbons (Fsp3) is 0.300. The van der Waals surface area contributed by atoms with E-state index in [4.69, 9.17) is 0 Å². The van der Waals surface area contributed by atoms with Gasteiger partial charge in [0.25, 0.3) is 0 Å². The third-order valence-electron chi connectivity index (χ3n) is 1.94. The molecule has 0 heterocycles. The number of nitrogens with zero attached hydrogens (tertiary/aromatic N) is 1. The molecule has 0 radical (unpaired) electrons. The molecule has 0 amide bonds. The Morgan fingerprint density at radius 2 is 2.07 bits per heavy atom. The summed E-state index contributed by atoms with van der Waals surface area (Å²) in [5, 5.41) is 3.56. The summed E-state index contributed by atoms with van der Waals surface area (Å²) in [5.74, 6) is 0. The Hall–Kier alpha value is -1.03. The molecule has 1 N–H and O–H groups in total. The highest BCUT2D eigenvalue weighted by Crippen LogP contribution is 2.15. The van der Waals surface area contributed by atoms with Crippen LogP contribution in [0.15, 0.2) is 34.3 Å². The lowest BCUT2D eigenvalue weighted by Crippen LogP contribution is -2.03. The van der Waals surface area contributed by atoms with Crippen LogP contribution in [0.2, 0.25) is 0 Å². The minimum Gasteiger partial charge on any atom is -0.154 e. The third kappa shape index (κ3) is 2.73. The first-order valence-electron chi connectivity index (χ1n) is 4.38. The second kappa shape index (κ2) is 5.65. The zero-order valence-corrected chi connectivity index (χ0v) is 9.07. The molecule has 0 fully saturated rings. The average Bonchev–Trinajstić information content (AvgIpc) is 2.26. The van der Waals surface area contributed by atoms with E-state index in [9.17, 15) is 4.48 Å². The van der Waals surface area contributed by atoms with Gasteiger partial charge in [-0.3, -0.25) is 0 Å². The lowest BCUT2D eigenvalue weighted by atomic mass is 10.1. The van der Waals surface area contributed by atoms with Crippen molar-refractivity contribution in [1.82, 2.24) is 5.65 Å². The summed E-state index contributed by atoms with van der Waals surface area (Å²) in [7, 11) is 0. The molecule has 1 rings (SSSR count). The van der Waals surface area contributed by atoms with E-state index in [2.05, 4.69) is 5.10 Å². The van der Waals surface area contributed by atoms with Crippen LogP contribution in [-0.2, 0) is 0 Å². The molecule has 2 nitrogen and oxygen atoms in total. The Bertz CT molecular complexity index is 308. The Labute approximate surface area is 87.5 Å². The number of halogens is 1. The van der Waals surface area contributed by atoms with Gasteiger partial charge in [-0.05, 0) is 30.4 Å². The fourth-order valence-corrected chi connectivity index (χ4v) is 1.59. The topological polar surface area (TPSA) is 24.4 Å². The van der Waals surface area contributed by atoms with Crippen molar-refractivity contribution >= 4 is 17.5 Å². The highest BCUT2D eigenvalue weighted by atomic mass is 32.2. The highest BCUT2D eigenvalue weighted by Gasteiger charge is 2.00. The summed E-state index contributed by atoms with van der Waals surface area (Å²) >= 11 is 1.68. The van der Waals surface area contributed by atoms with Crippen molar-refractivity contribution in [3.05, 3.63) is 29.8 Å². The summed E-state index contributed by atoms with van der Waals surface area (Å²) < 4.78 is 11.8. The monoisotopic (exact) mass is 212 g/mol. The van der Waals surface area contributed by atoms with Gasteiger partial charge in [0.15, 0.2) is 0 Å². The van der Waals surface area contributed by atoms with E-state index in [1.54, 1.807) is 11.8 Å². The van der Waals surface area contributed by atoms with Crippen LogP contribution in [0.3, 0.4) is 0 Å². The highest BCUT2D eigenvalue weighted by molar-refractivity contribution is 7.98. The van der Waals surface area contributed by atoms with Crippen molar-refractivity contribution in [2.75, 3.05) is 6.26 Å². The summed E-state index contributed by atoms with van der Waals surface area (Å²) in [6.45, 7) is 1.94. The van der Waals surface area contributed by atoms with Gasteiger partial charge < -0.3 is 0 Å². The first-order valence-corrected chi connectivity index (χ1v) is 5.61. The Kier molecular flexibility index (Phi) is 4.46. The standard InChI is InChI=1S/C10H13FN2S/c1-3-10(12-13-11)8-4-6-9(14-2)7-5-8/h4-7,13H,3H2,1-2H3. The molecule has 0 saturated heterocycles. The Morgan fingerprint density at radius 1 is 1.43 bits per heavy atom. The lowest BCUT2D eigenvalue weighted by Gasteiger charge is -2.03. The average molecular weight is 212 g/mol. The SMILES string of the molecule is CCC(=NNF)c1ccc(SC)cc1. The van der Waals surface area contributed by atoms with Gasteiger partial charge in [-0.15, -0.1) is 17.4 Å². The van der Waals surface area contributed by atoms with Crippen LogP contribution in [0.5, 0.6) is 0 Å². The van der Waals surface area contributed by atoms with Gasteiger partial charge in [0, 0.05) is 4.90 Å². The van der Waals surface area contributed by atoms with E-state index in [-0.39, 0.29) is 0 Å². The molecule has 0 saturated carbocycles. The largest absolute Gasteiger partial charge is 0.154 e. The molecule has 0 aliphatic heterocycles. The number of hydrazone groups is 1.